The molecule has 1 aliphatic heterocycles. The minimum absolute atomic E-state index is 0.0189. The van der Waals surface area contributed by atoms with Gasteiger partial charge in [-0.1, -0.05) is 29.3 Å². The molecule has 0 atom stereocenters. The molecule has 1 saturated heterocycles. The Bertz CT molecular complexity index is 663. The Morgan fingerprint density at radius 1 is 1.19 bits per heavy atom. The Balaban J connectivity index is 1.84. The highest BCUT2D eigenvalue weighted by Gasteiger charge is 2.20. The van der Waals surface area contributed by atoms with Crippen molar-refractivity contribution in [2.24, 2.45) is 0 Å². The molecule has 21 heavy (non-hydrogen) atoms. The van der Waals surface area contributed by atoms with Crippen molar-refractivity contribution in [3.8, 4) is 11.1 Å². The Morgan fingerprint density at radius 2 is 1.95 bits per heavy atom. The summed E-state index contributed by atoms with van der Waals surface area (Å²) >= 11 is 12.1. The normalized spacial score (nSPS) is 15.2. The van der Waals surface area contributed by atoms with E-state index >= 15 is 0 Å². The second-order valence-electron chi connectivity index (χ2n) is 4.83. The number of morpholine rings is 1. The highest BCUT2D eigenvalue weighted by Crippen LogP contribution is 2.30. The number of H-pyrrole nitrogens is 1. The van der Waals surface area contributed by atoms with Crippen LogP contribution in [0.4, 0.5) is 0 Å². The average Bonchev–Trinajstić information content (AvgIpc) is 2.97. The summed E-state index contributed by atoms with van der Waals surface area (Å²) in [7, 11) is 0. The topological polar surface area (TPSA) is 45.3 Å². The van der Waals surface area contributed by atoms with E-state index in [1.807, 2.05) is 12.1 Å². The number of carbonyl (C=O) groups excluding carboxylic acids is 1. The molecule has 1 aromatic carbocycles. The zero-order valence-corrected chi connectivity index (χ0v) is 12.7. The largest absolute Gasteiger partial charge is 0.378 e. The first-order chi connectivity index (χ1) is 10.1. The highest BCUT2D eigenvalue weighted by molar-refractivity contribution is 6.36. The van der Waals surface area contributed by atoms with Gasteiger partial charge >= 0.3 is 0 Å². The maximum absolute atomic E-state index is 12.4. The van der Waals surface area contributed by atoms with E-state index in [-0.39, 0.29) is 5.91 Å². The maximum atomic E-state index is 12.4. The van der Waals surface area contributed by atoms with Crippen molar-refractivity contribution in [1.82, 2.24) is 9.88 Å². The third kappa shape index (κ3) is 3.07. The predicted molar refractivity (Wildman–Crippen MR) is 83.0 cm³/mol. The number of hydrogen-bond acceptors (Lipinski definition) is 2. The molecule has 3 rings (SSSR count). The Labute approximate surface area is 132 Å². The van der Waals surface area contributed by atoms with Crippen LogP contribution < -0.4 is 0 Å². The van der Waals surface area contributed by atoms with E-state index in [2.05, 4.69) is 4.98 Å². The quantitative estimate of drug-likeness (QED) is 0.919. The van der Waals surface area contributed by atoms with Gasteiger partial charge in [-0.05, 0) is 18.2 Å². The number of aromatic nitrogens is 1. The molecule has 0 bridgehead atoms. The van der Waals surface area contributed by atoms with Gasteiger partial charge in [0.1, 0.15) is 5.69 Å². The average molecular weight is 325 g/mol. The number of rotatable bonds is 2. The second kappa shape index (κ2) is 6.10. The van der Waals surface area contributed by atoms with Gasteiger partial charge in [-0.2, -0.15) is 0 Å². The predicted octanol–water partition coefficient (Wildman–Crippen LogP) is 3.46. The number of halogens is 2. The zero-order valence-electron chi connectivity index (χ0n) is 11.2. The molecule has 0 unspecified atom stereocenters. The van der Waals surface area contributed by atoms with Crippen molar-refractivity contribution in [2.45, 2.75) is 0 Å². The molecule has 1 aliphatic rings. The Kier molecular flexibility index (Phi) is 4.19. The fourth-order valence-corrected chi connectivity index (χ4v) is 2.85. The maximum Gasteiger partial charge on any atom is 0.270 e. The van der Waals surface area contributed by atoms with Gasteiger partial charge in [0.25, 0.3) is 5.91 Å². The molecule has 0 radical (unpaired) electrons. The van der Waals surface area contributed by atoms with E-state index in [1.165, 1.54) is 0 Å². The number of amides is 1. The van der Waals surface area contributed by atoms with Gasteiger partial charge in [0.05, 0.1) is 13.2 Å². The smallest absolute Gasteiger partial charge is 0.270 e. The van der Waals surface area contributed by atoms with Crippen LogP contribution in [0.15, 0.2) is 30.5 Å². The fraction of sp³-hybridized carbons (Fsp3) is 0.267. The van der Waals surface area contributed by atoms with E-state index in [1.54, 1.807) is 23.2 Å². The van der Waals surface area contributed by atoms with Crippen LogP contribution in [-0.4, -0.2) is 42.1 Å². The molecule has 0 aliphatic carbocycles. The minimum Gasteiger partial charge on any atom is -0.378 e. The van der Waals surface area contributed by atoms with Crippen LogP contribution in [0.1, 0.15) is 10.5 Å². The summed E-state index contributed by atoms with van der Waals surface area (Å²) in [5.41, 5.74) is 2.27. The third-order valence-corrected chi connectivity index (χ3v) is 4.00. The summed E-state index contributed by atoms with van der Waals surface area (Å²) in [4.78, 5) is 17.2. The van der Waals surface area contributed by atoms with Gasteiger partial charge in [-0.15, -0.1) is 0 Å². The molecular formula is C15H14Cl2N2O2. The van der Waals surface area contributed by atoms with Gasteiger partial charge in [0.2, 0.25) is 0 Å². The van der Waals surface area contributed by atoms with Gasteiger partial charge in [0, 0.05) is 40.5 Å². The lowest BCUT2D eigenvalue weighted by molar-refractivity contribution is 0.0299. The van der Waals surface area contributed by atoms with E-state index in [4.69, 9.17) is 27.9 Å². The highest BCUT2D eigenvalue weighted by atomic mass is 35.5. The number of nitrogens with zero attached hydrogens (tertiary/aromatic N) is 1. The summed E-state index contributed by atoms with van der Waals surface area (Å²) in [5.74, 6) is -0.0189. The van der Waals surface area contributed by atoms with Gasteiger partial charge in [-0.3, -0.25) is 4.79 Å². The lowest BCUT2D eigenvalue weighted by Gasteiger charge is -2.26. The van der Waals surface area contributed by atoms with E-state index in [0.29, 0.717) is 42.0 Å². The van der Waals surface area contributed by atoms with Crippen molar-refractivity contribution >= 4 is 29.1 Å². The number of ether oxygens (including phenoxy) is 1. The Morgan fingerprint density at radius 3 is 2.67 bits per heavy atom. The molecular weight excluding hydrogens is 311 g/mol. The van der Waals surface area contributed by atoms with Crippen LogP contribution in [0.25, 0.3) is 11.1 Å². The van der Waals surface area contributed by atoms with Gasteiger partial charge in [0.15, 0.2) is 0 Å². The molecule has 1 N–H and O–H groups in total. The molecule has 6 heteroatoms. The number of benzene rings is 1. The van der Waals surface area contributed by atoms with Crippen molar-refractivity contribution in [3.05, 3.63) is 46.2 Å². The first-order valence-electron chi connectivity index (χ1n) is 6.66. The van der Waals surface area contributed by atoms with Crippen LogP contribution in [0.2, 0.25) is 10.0 Å². The molecule has 4 nitrogen and oxygen atoms in total. The fourth-order valence-electron chi connectivity index (χ4n) is 2.33. The summed E-state index contributed by atoms with van der Waals surface area (Å²) in [5, 5.41) is 1.15. The molecule has 1 amide bonds. The van der Waals surface area contributed by atoms with E-state index in [9.17, 15) is 4.79 Å². The standard InChI is InChI=1S/C15H14Cl2N2O2/c16-11-1-2-12(13(17)8-11)10-7-14(18-9-10)15(20)19-3-5-21-6-4-19/h1-2,7-9,18H,3-6H2. The molecule has 0 saturated carbocycles. The Hall–Kier alpha value is -1.49. The number of hydrogen-bond donors (Lipinski definition) is 1. The molecule has 2 heterocycles. The van der Waals surface area contributed by atoms with Crippen LogP contribution in [0.5, 0.6) is 0 Å². The SMILES string of the molecule is O=C(c1cc(-c2ccc(Cl)cc2Cl)c[nH]1)N1CCOCC1. The van der Waals surface area contributed by atoms with Crippen LogP contribution >= 0.6 is 23.2 Å². The third-order valence-electron chi connectivity index (χ3n) is 3.45. The summed E-state index contributed by atoms with van der Waals surface area (Å²) < 4.78 is 5.25. The summed E-state index contributed by atoms with van der Waals surface area (Å²) in [6.45, 7) is 2.41. The second-order valence-corrected chi connectivity index (χ2v) is 5.67. The lowest BCUT2D eigenvalue weighted by atomic mass is 10.1. The van der Waals surface area contributed by atoms with Crippen molar-refractivity contribution in [2.75, 3.05) is 26.3 Å². The van der Waals surface area contributed by atoms with E-state index < -0.39 is 0 Å². The van der Waals surface area contributed by atoms with Crippen molar-refractivity contribution < 1.29 is 9.53 Å². The van der Waals surface area contributed by atoms with Crippen molar-refractivity contribution in [1.29, 1.82) is 0 Å². The monoisotopic (exact) mass is 324 g/mol. The summed E-state index contributed by atoms with van der Waals surface area (Å²) in [6.07, 6.45) is 1.78. The number of carbonyl (C=O) groups is 1. The van der Waals surface area contributed by atoms with Crippen molar-refractivity contribution in [3.63, 3.8) is 0 Å². The number of aromatic amines is 1. The molecule has 1 aromatic heterocycles. The molecule has 2 aromatic rings. The van der Waals surface area contributed by atoms with Gasteiger partial charge < -0.3 is 14.6 Å². The number of nitrogens with one attached hydrogen (secondary N) is 1. The minimum atomic E-state index is -0.0189. The first kappa shape index (κ1) is 14.4. The first-order valence-corrected chi connectivity index (χ1v) is 7.41. The molecule has 0 spiro atoms. The van der Waals surface area contributed by atoms with E-state index in [0.717, 1.165) is 11.1 Å². The molecule has 110 valence electrons. The van der Waals surface area contributed by atoms with Crippen LogP contribution in [0.3, 0.4) is 0 Å². The van der Waals surface area contributed by atoms with Crippen LogP contribution in [-0.2, 0) is 4.74 Å². The molecule has 1 fully saturated rings. The zero-order chi connectivity index (χ0) is 14.8. The summed E-state index contributed by atoms with van der Waals surface area (Å²) in [6, 6.07) is 7.12. The lowest BCUT2D eigenvalue weighted by Crippen LogP contribution is -2.40. The van der Waals surface area contributed by atoms with Gasteiger partial charge in [-0.25, -0.2) is 0 Å². The van der Waals surface area contributed by atoms with Crippen LogP contribution in [0, 0.1) is 0 Å².